The van der Waals surface area contributed by atoms with Crippen LogP contribution in [0.5, 0.6) is 0 Å². The van der Waals surface area contributed by atoms with E-state index in [4.69, 9.17) is 22.3 Å². The second-order valence-electron chi connectivity index (χ2n) is 6.63. The number of nitrogens with zero attached hydrogens (tertiary/aromatic N) is 1. The summed E-state index contributed by atoms with van der Waals surface area (Å²) in [6, 6.07) is 11.8. The standard InChI is InChI=1S/C21H18ClIN4O/c1-11-2-3-18-12(6-11)15(10-26-18)19-8-14(21(28)25-5-4-24)13-7-17(23)16(22)9-20(13)27-19/h2-3,6-10,26H,4-5,24H2,1H3,(H,25,28). The van der Waals surface area contributed by atoms with Crippen LogP contribution in [0.2, 0.25) is 5.02 Å². The highest BCUT2D eigenvalue weighted by Gasteiger charge is 2.17. The van der Waals surface area contributed by atoms with Gasteiger partial charge in [0.1, 0.15) is 0 Å². The minimum atomic E-state index is -0.173. The van der Waals surface area contributed by atoms with Gasteiger partial charge in [-0.2, -0.15) is 0 Å². The Morgan fingerprint density at radius 2 is 2.07 bits per heavy atom. The van der Waals surface area contributed by atoms with E-state index >= 15 is 0 Å². The molecule has 142 valence electrons. The highest BCUT2D eigenvalue weighted by Crippen LogP contribution is 2.33. The van der Waals surface area contributed by atoms with Crippen molar-refractivity contribution in [3.05, 3.63) is 62.3 Å². The van der Waals surface area contributed by atoms with Crippen LogP contribution in [0.3, 0.4) is 0 Å². The molecule has 0 aliphatic carbocycles. The van der Waals surface area contributed by atoms with Crippen molar-refractivity contribution in [1.82, 2.24) is 15.3 Å². The number of amides is 1. The lowest BCUT2D eigenvalue weighted by molar-refractivity contribution is 0.0956. The third-order valence-corrected chi connectivity index (χ3v) is 6.16. The largest absolute Gasteiger partial charge is 0.360 e. The number of pyridine rings is 1. The number of aromatic nitrogens is 2. The molecule has 0 aliphatic rings. The minimum Gasteiger partial charge on any atom is -0.360 e. The Morgan fingerprint density at radius 3 is 2.86 bits per heavy atom. The van der Waals surface area contributed by atoms with Crippen LogP contribution in [0.15, 0.2) is 42.6 Å². The Morgan fingerprint density at radius 1 is 1.25 bits per heavy atom. The van der Waals surface area contributed by atoms with E-state index in [1.165, 1.54) is 0 Å². The van der Waals surface area contributed by atoms with E-state index in [0.717, 1.165) is 36.7 Å². The molecule has 2 aromatic heterocycles. The van der Waals surface area contributed by atoms with Crippen LogP contribution in [0, 0.1) is 10.5 Å². The molecule has 0 fully saturated rings. The van der Waals surface area contributed by atoms with E-state index in [-0.39, 0.29) is 5.91 Å². The lowest BCUT2D eigenvalue weighted by Gasteiger charge is -2.11. The normalized spacial score (nSPS) is 11.3. The maximum atomic E-state index is 12.8. The van der Waals surface area contributed by atoms with E-state index in [0.29, 0.717) is 29.2 Å². The average Bonchev–Trinajstić information content (AvgIpc) is 3.09. The molecule has 7 heteroatoms. The zero-order valence-corrected chi connectivity index (χ0v) is 18.1. The van der Waals surface area contributed by atoms with Gasteiger partial charge in [-0.15, -0.1) is 0 Å². The van der Waals surface area contributed by atoms with Crippen LogP contribution >= 0.6 is 34.2 Å². The summed E-state index contributed by atoms with van der Waals surface area (Å²) >= 11 is 8.48. The van der Waals surface area contributed by atoms with Gasteiger partial charge in [0.2, 0.25) is 0 Å². The molecule has 4 rings (SSSR count). The van der Waals surface area contributed by atoms with Crippen molar-refractivity contribution < 1.29 is 4.79 Å². The quantitative estimate of drug-likeness (QED) is 0.354. The van der Waals surface area contributed by atoms with Crippen molar-refractivity contribution >= 4 is 61.9 Å². The van der Waals surface area contributed by atoms with Crippen LogP contribution in [0.25, 0.3) is 33.1 Å². The maximum Gasteiger partial charge on any atom is 0.252 e. The summed E-state index contributed by atoms with van der Waals surface area (Å²) in [5, 5.41) is 5.30. The number of benzene rings is 2. The zero-order chi connectivity index (χ0) is 19.8. The first-order chi connectivity index (χ1) is 13.5. The molecule has 4 N–H and O–H groups in total. The Kier molecular flexibility index (Phi) is 5.27. The van der Waals surface area contributed by atoms with E-state index < -0.39 is 0 Å². The van der Waals surface area contributed by atoms with Gasteiger partial charge in [0.05, 0.1) is 21.8 Å². The number of hydrogen-bond acceptors (Lipinski definition) is 3. The minimum absolute atomic E-state index is 0.173. The maximum absolute atomic E-state index is 12.8. The second-order valence-corrected chi connectivity index (χ2v) is 8.20. The van der Waals surface area contributed by atoms with Gasteiger partial charge in [-0.1, -0.05) is 23.2 Å². The van der Waals surface area contributed by atoms with E-state index in [9.17, 15) is 4.79 Å². The van der Waals surface area contributed by atoms with E-state index in [1.54, 1.807) is 0 Å². The van der Waals surface area contributed by atoms with Gasteiger partial charge in [-0.3, -0.25) is 4.79 Å². The summed E-state index contributed by atoms with van der Waals surface area (Å²) in [4.78, 5) is 20.9. The van der Waals surface area contributed by atoms with E-state index in [2.05, 4.69) is 51.9 Å². The molecule has 0 bridgehead atoms. The predicted molar refractivity (Wildman–Crippen MR) is 123 cm³/mol. The van der Waals surface area contributed by atoms with Crippen molar-refractivity contribution in [2.24, 2.45) is 5.73 Å². The number of fused-ring (bicyclic) bond motifs is 2. The molecule has 2 heterocycles. The number of hydrogen-bond donors (Lipinski definition) is 3. The van der Waals surface area contributed by atoms with Crippen molar-refractivity contribution in [3.63, 3.8) is 0 Å². The van der Waals surface area contributed by atoms with Gasteiger partial charge >= 0.3 is 0 Å². The molecule has 0 spiro atoms. The smallest absolute Gasteiger partial charge is 0.252 e. The molecule has 0 saturated carbocycles. The monoisotopic (exact) mass is 504 g/mol. The summed E-state index contributed by atoms with van der Waals surface area (Å²) in [6.07, 6.45) is 1.92. The van der Waals surface area contributed by atoms with E-state index in [1.807, 2.05) is 30.5 Å². The molecule has 0 saturated heterocycles. The number of carbonyl (C=O) groups excluding carboxylic acids is 1. The van der Waals surface area contributed by atoms with Crippen molar-refractivity contribution in [2.75, 3.05) is 13.1 Å². The molecule has 0 atom stereocenters. The predicted octanol–water partition coefficient (Wildman–Crippen LogP) is 4.64. The number of nitrogens with two attached hydrogens (primary N) is 1. The molecule has 1 amide bonds. The summed E-state index contributed by atoms with van der Waals surface area (Å²) in [7, 11) is 0. The Labute approximate surface area is 180 Å². The highest BCUT2D eigenvalue weighted by atomic mass is 127. The van der Waals surface area contributed by atoms with Crippen LogP contribution in [0.4, 0.5) is 0 Å². The van der Waals surface area contributed by atoms with Gasteiger partial charge in [0.25, 0.3) is 5.91 Å². The van der Waals surface area contributed by atoms with Gasteiger partial charge in [-0.25, -0.2) is 4.98 Å². The van der Waals surface area contributed by atoms with Crippen LogP contribution in [-0.4, -0.2) is 29.0 Å². The third-order valence-electron chi connectivity index (χ3n) is 4.64. The Bertz CT molecular complexity index is 1220. The molecule has 2 aromatic carbocycles. The number of H-pyrrole nitrogens is 1. The first-order valence-electron chi connectivity index (χ1n) is 8.84. The molecular formula is C21H18ClIN4O. The van der Waals surface area contributed by atoms with Gasteiger partial charge in [-0.05, 0) is 59.8 Å². The Balaban J connectivity index is 1.97. The number of carbonyl (C=O) groups is 1. The molecule has 0 aliphatic heterocycles. The van der Waals surface area contributed by atoms with Crippen molar-refractivity contribution in [1.29, 1.82) is 0 Å². The lowest BCUT2D eigenvalue weighted by atomic mass is 10.0. The summed E-state index contributed by atoms with van der Waals surface area (Å²) in [5.41, 5.74) is 10.6. The highest BCUT2D eigenvalue weighted by molar-refractivity contribution is 14.1. The Hall–Kier alpha value is -2.16. The topological polar surface area (TPSA) is 83.8 Å². The van der Waals surface area contributed by atoms with Gasteiger partial charge in [0.15, 0.2) is 0 Å². The molecule has 28 heavy (non-hydrogen) atoms. The molecule has 5 nitrogen and oxygen atoms in total. The summed E-state index contributed by atoms with van der Waals surface area (Å²) in [6.45, 7) is 2.85. The first kappa shape index (κ1) is 19.2. The first-order valence-corrected chi connectivity index (χ1v) is 10.3. The van der Waals surface area contributed by atoms with Crippen LogP contribution in [-0.2, 0) is 0 Å². The number of nitrogens with one attached hydrogen (secondary N) is 2. The zero-order valence-electron chi connectivity index (χ0n) is 15.1. The van der Waals surface area contributed by atoms with Crippen LogP contribution < -0.4 is 11.1 Å². The molecule has 4 aromatic rings. The number of aryl methyl sites for hydroxylation is 1. The summed E-state index contributed by atoms with van der Waals surface area (Å²) < 4.78 is 0.872. The molecule has 0 radical (unpaired) electrons. The second kappa shape index (κ2) is 7.69. The molecular weight excluding hydrogens is 487 g/mol. The number of aromatic amines is 1. The van der Waals surface area contributed by atoms with Crippen molar-refractivity contribution in [3.8, 4) is 11.3 Å². The molecule has 0 unspecified atom stereocenters. The summed E-state index contributed by atoms with van der Waals surface area (Å²) in [5.74, 6) is -0.173. The fourth-order valence-corrected chi connectivity index (χ4v) is 3.90. The van der Waals surface area contributed by atoms with Gasteiger partial charge < -0.3 is 16.0 Å². The average molecular weight is 505 g/mol. The fourth-order valence-electron chi connectivity index (χ4n) is 3.27. The van der Waals surface area contributed by atoms with Gasteiger partial charge in [0, 0.05) is 44.7 Å². The number of halogens is 2. The third kappa shape index (κ3) is 3.47. The van der Waals surface area contributed by atoms with Crippen molar-refractivity contribution in [2.45, 2.75) is 6.92 Å². The SMILES string of the molecule is Cc1ccc2[nH]cc(-c3cc(C(=O)NCCN)c4cc(I)c(Cl)cc4n3)c2c1. The number of rotatable bonds is 4. The fraction of sp³-hybridized carbons (Fsp3) is 0.143. The van der Waals surface area contributed by atoms with Crippen LogP contribution in [0.1, 0.15) is 15.9 Å². The lowest BCUT2D eigenvalue weighted by Crippen LogP contribution is -2.29.